The molecule has 1 aliphatic rings. The SMILES string of the molecule is [B]c1cc(-c2cccc(N3CCN(C(=O)OC(C)(C)C)CC3)c2)n2ncnc(N)c12. The predicted octanol–water partition coefficient (Wildman–Crippen LogP) is 1.83. The van der Waals surface area contributed by atoms with Gasteiger partial charge in [0.15, 0.2) is 5.82 Å². The van der Waals surface area contributed by atoms with Gasteiger partial charge in [-0.2, -0.15) is 5.10 Å². The number of anilines is 2. The van der Waals surface area contributed by atoms with Crippen LogP contribution in [0.3, 0.4) is 0 Å². The van der Waals surface area contributed by atoms with Gasteiger partial charge in [-0.3, -0.25) is 0 Å². The van der Waals surface area contributed by atoms with Crippen molar-refractivity contribution in [3.63, 3.8) is 0 Å². The van der Waals surface area contributed by atoms with Crippen LogP contribution in [-0.2, 0) is 4.74 Å². The van der Waals surface area contributed by atoms with E-state index >= 15 is 0 Å². The van der Waals surface area contributed by atoms with Crippen molar-refractivity contribution in [2.75, 3.05) is 36.8 Å². The van der Waals surface area contributed by atoms with Crippen LogP contribution in [0.4, 0.5) is 16.3 Å². The van der Waals surface area contributed by atoms with E-state index < -0.39 is 5.60 Å². The Morgan fingerprint density at radius 1 is 1.17 bits per heavy atom. The van der Waals surface area contributed by atoms with Crippen LogP contribution in [0, 0.1) is 0 Å². The van der Waals surface area contributed by atoms with Gasteiger partial charge >= 0.3 is 6.09 Å². The maximum Gasteiger partial charge on any atom is 0.410 e. The van der Waals surface area contributed by atoms with Crippen LogP contribution in [0.2, 0.25) is 0 Å². The van der Waals surface area contributed by atoms with Crippen molar-refractivity contribution in [3.05, 3.63) is 36.7 Å². The number of nitrogen functional groups attached to an aromatic ring is 1. The summed E-state index contributed by atoms with van der Waals surface area (Å²) < 4.78 is 7.20. The lowest BCUT2D eigenvalue weighted by atomic mass is 9.97. The zero-order chi connectivity index (χ0) is 21.5. The molecular formula is C21H25BN6O2. The van der Waals surface area contributed by atoms with Gasteiger partial charge in [-0.15, -0.1) is 0 Å². The average Bonchev–Trinajstić information content (AvgIpc) is 3.05. The summed E-state index contributed by atoms with van der Waals surface area (Å²) in [5, 5.41) is 4.31. The third-order valence-electron chi connectivity index (χ3n) is 5.05. The van der Waals surface area contributed by atoms with Crippen molar-refractivity contribution in [1.29, 1.82) is 0 Å². The van der Waals surface area contributed by atoms with Crippen molar-refractivity contribution in [2.24, 2.45) is 0 Å². The Kier molecular flexibility index (Phi) is 5.05. The Bertz CT molecular complexity index is 1080. The quantitative estimate of drug-likeness (QED) is 0.656. The van der Waals surface area contributed by atoms with Crippen LogP contribution in [-0.4, -0.2) is 65.2 Å². The second-order valence-corrected chi connectivity index (χ2v) is 8.40. The smallest absolute Gasteiger partial charge is 0.410 e. The van der Waals surface area contributed by atoms with Crippen LogP contribution in [0.1, 0.15) is 20.8 Å². The number of fused-ring (bicyclic) bond motifs is 1. The molecule has 8 nitrogen and oxygen atoms in total. The Hall–Kier alpha value is -3.23. The number of aromatic nitrogens is 3. The van der Waals surface area contributed by atoms with E-state index in [1.54, 1.807) is 9.42 Å². The van der Waals surface area contributed by atoms with Gasteiger partial charge in [-0.1, -0.05) is 17.6 Å². The molecule has 1 amide bonds. The zero-order valence-corrected chi connectivity index (χ0v) is 17.5. The molecule has 30 heavy (non-hydrogen) atoms. The summed E-state index contributed by atoms with van der Waals surface area (Å²) in [5.74, 6) is 0.350. The number of ether oxygens (including phenoxy) is 1. The van der Waals surface area contributed by atoms with Gasteiger partial charge in [-0.25, -0.2) is 14.3 Å². The molecule has 0 bridgehead atoms. The van der Waals surface area contributed by atoms with Gasteiger partial charge in [0.1, 0.15) is 25.3 Å². The van der Waals surface area contributed by atoms with Crippen LogP contribution in [0.5, 0.6) is 0 Å². The van der Waals surface area contributed by atoms with Gasteiger partial charge in [0.25, 0.3) is 0 Å². The molecule has 0 unspecified atom stereocenters. The molecule has 3 heterocycles. The number of carbonyl (C=O) groups excluding carboxylic acids is 1. The highest BCUT2D eigenvalue weighted by Gasteiger charge is 2.26. The van der Waals surface area contributed by atoms with Crippen molar-refractivity contribution < 1.29 is 9.53 Å². The summed E-state index contributed by atoms with van der Waals surface area (Å²) in [7, 11) is 6.14. The molecule has 9 heteroatoms. The molecule has 2 N–H and O–H groups in total. The second kappa shape index (κ2) is 7.55. The number of nitrogens with two attached hydrogens (primary N) is 1. The lowest BCUT2D eigenvalue weighted by Crippen LogP contribution is -2.50. The zero-order valence-electron chi connectivity index (χ0n) is 17.5. The third-order valence-corrected chi connectivity index (χ3v) is 5.05. The molecule has 2 radical (unpaired) electrons. The number of hydrogen-bond acceptors (Lipinski definition) is 6. The normalized spacial score (nSPS) is 14.9. The highest BCUT2D eigenvalue weighted by Crippen LogP contribution is 2.27. The maximum absolute atomic E-state index is 12.3. The highest BCUT2D eigenvalue weighted by molar-refractivity contribution is 6.38. The fraction of sp³-hybridized carbons (Fsp3) is 0.381. The summed E-state index contributed by atoms with van der Waals surface area (Å²) >= 11 is 0. The number of benzene rings is 1. The summed E-state index contributed by atoms with van der Waals surface area (Å²) in [6, 6.07) is 10.0. The minimum Gasteiger partial charge on any atom is -0.444 e. The Morgan fingerprint density at radius 3 is 2.60 bits per heavy atom. The molecule has 1 aliphatic heterocycles. The average molecular weight is 404 g/mol. The highest BCUT2D eigenvalue weighted by atomic mass is 16.6. The Morgan fingerprint density at radius 2 is 1.90 bits per heavy atom. The lowest BCUT2D eigenvalue weighted by Gasteiger charge is -2.36. The van der Waals surface area contributed by atoms with Crippen LogP contribution in [0.25, 0.3) is 16.8 Å². The van der Waals surface area contributed by atoms with Crippen molar-refractivity contribution in [3.8, 4) is 11.3 Å². The summed E-state index contributed by atoms with van der Waals surface area (Å²) in [6.45, 7) is 8.33. The third kappa shape index (κ3) is 3.92. The Labute approximate surface area is 177 Å². The van der Waals surface area contributed by atoms with Gasteiger partial charge in [0.2, 0.25) is 0 Å². The van der Waals surface area contributed by atoms with Crippen LogP contribution in [0.15, 0.2) is 36.7 Å². The predicted molar refractivity (Wildman–Crippen MR) is 118 cm³/mol. The minimum absolute atomic E-state index is 0.261. The van der Waals surface area contributed by atoms with E-state index in [0.29, 0.717) is 29.9 Å². The van der Waals surface area contributed by atoms with Gasteiger partial charge in [0.05, 0.1) is 5.69 Å². The van der Waals surface area contributed by atoms with Gasteiger partial charge in [0, 0.05) is 37.4 Å². The number of nitrogens with zero attached hydrogens (tertiary/aromatic N) is 5. The molecular weight excluding hydrogens is 379 g/mol. The fourth-order valence-electron chi connectivity index (χ4n) is 3.64. The minimum atomic E-state index is -0.489. The van der Waals surface area contributed by atoms with Crippen LogP contribution >= 0.6 is 0 Å². The van der Waals surface area contributed by atoms with Gasteiger partial charge in [-0.05, 0) is 39.0 Å². The van der Waals surface area contributed by atoms with E-state index in [4.69, 9.17) is 18.3 Å². The molecule has 2 aromatic heterocycles. The van der Waals surface area contributed by atoms with E-state index in [1.807, 2.05) is 39.0 Å². The van der Waals surface area contributed by atoms with E-state index in [0.717, 1.165) is 30.0 Å². The monoisotopic (exact) mass is 404 g/mol. The Balaban J connectivity index is 1.53. The number of hydrogen-bond donors (Lipinski definition) is 1. The first-order valence-corrected chi connectivity index (χ1v) is 9.94. The largest absolute Gasteiger partial charge is 0.444 e. The summed E-state index contributed by atoms with van der Waals surface area (Å²) in [5.41, 5.74) is 9.54. The first-order chi connectivity index (χ1) is 14.2. The molecule has 0 atom stereocenters. The molecule has 0 spiro atoms. The molecule has 4 rings (SSSR count). The molecule has 3 aromatic rings. The molecule has 154 valence electrons. The fourth-order valence-corrected chi connectivity index (χ4v) is 3.64. The molecule has 1 fully saturated rings. The van der Waals surface area contributed by atoms with Crippen molar-refractivity contribution in [1.82, 2.24) is 19.5 Å². The van der Waals surface area contributed by atoms with E-state index in [-0.39, 0.29) is 6.09 Å². The van der Waals surface area contributed by atoms with E-state index in [1.165, 1.54) is 6.33 Å². The number of amides is 1. The number of rotatable bonds is 2. The van der Waals surface area contributed by atoms with E-state index in [2.05, 4.69) is 27.1 Å². The standard InChI is InChI=1S/C21H25BN6O2/c1-21(2,3)30-20(29)27-9-7-26(8-10-27)15-6-4-5-14(11-15)17-12-16(22)18-19(23)24-13-25-28(17)18/h4-6,11-13H,7-10H2,1-3H3,(H2,23,24,25). The van der Waals surface area contributed by atoms with Crippen LogP contribution < -0.4 is 16.1 Å². The molecule has 1 saturated heterocycles. The molecule has 0 aliphatic carbocycles. The second-order valence-electron chi connectivity index (χ2n) is 8.40. The van der Waals surface area contributed by atoms with Crippen molar-refractivity contribution >= 4 is 36.4 Å². The molecule has 0 saturated carbocycles. The number of carbonyl (C=O) groups is 1. The maximum atomic E-state index is 12.3. The first-order valence-electron chi connectivity index (χ1n) is 9.94. The molecule has 1 aromatic carbocycles. The summed E-state index contributed by atoms with van der Waals surface area (Å²) in [4.78, 5) is 20.3. The topological polar surface area (TPSA) is 89.0 Å². The number of piperazine rings is 1. The summed E-state index contributed by atoms with van der Waals surface area (Å²) in [6.07, 6.45) is 1.16. The first kappa shape index (κ1) is 20.1. The van der Waals surface area contributed by atoms with Crippen molar-refractivity contribution in [2.45, 2.75) is 26.4 Å². The van der Waals surface area contributed by atoms with E-state index in [9.17, 15) is 4.79 Å². The lowest BCUT2D eigenvalue weighted by molar-refractivity contribution is 0.0240. The van der Waals surface area contributed by atoms with Gasteiger partial charge < -0.3 is 20.3 Å².